The molecule has 0 aliphatic carbocycles. The van der Waals surface area contributed by atoms with Gasteiger partial charge in [0.2, 0.25) is 0 Å². The molecule has 2 nitrogen and oxygen atoms in total. The first kappa shape index (κ1) is 13.1. The summed E-state index contributed by atoms with van der Waals surface area (Å²) in [6, 6.07) is 14.1. The van der Waals surface area contributed by atoms with Gasteiger partial charge in [0.25, 0.3) is 0 Å². The summed E-state index contributed by atoms with van der Waals surface area (Å²) in [5.74, 6) is 0. The van der Waals surface area contributed by atoms with Crippen LogP contribution in [0.25, 0.3) is 21.9 Å². The van der Waals surface area contributed by atoms with Gasteiger partial charge < -0.3 is 5.73 Å². The molecule has 3 rings (SSSR count). The second-order valence-electron chi connectivity index (χ2n) is 4.83. The van der Waals surface area contributed by atoms with Crippen molar-refractivity contribution in [2.45, 2.75) is 13.5 Å². The molecule has 0 aliphatic rings. The molecular formula is C17H15ClN2. The van der Waals surface area contributed by atoms with E-state index >= 15 is 0 Å². The fourth-order valence-electron chi connectivity index (χ4n) is 2.55. The summed E-state index contributed by atoms with van der Waals surface area (Å²) in [7, 11) is 0. The lowest BCUT2D eigenvalue weighted by atomic mass is 9.96. The second kappa shape index (κ2) is 5.23. The van der Waals surface area contributed by atoms with Crippen LogP contribution >= 0.6 is 11.6 Å². The maximum absolute atomic E-state index is 5.96. The van der Waals surface area contributed by atoms with Gasteiger partial charge in [-0.3, -0.25) is 4.98 Å². The van der Waals surface area contributed by atoms with Crippen molar-refractivity contribution in [2.24, 2.45) is 5.73 Å². The van der Waals surface area contributed by atoms with Crippen molar-refractivity contribution in [2.75, 3.05) is 0 Å². The predicted molar refractivity (Wildman–Crippen MR) is 84.8 cm³/mol. The van der Waals surface area contributed by atoms with Crippen LogP contribution in [0.2, 0.25) is 5.02 Å². The highest BCUT2D eigenvalue weighted by atomic mass is 35.5. The van der Waals surface area contributed by atoms with Crippen LogP contribution in [0.4, 0.5) is 0 Å². The number of rotatable bonds is 2. The molecule has 2 aromatic carbocycles. The van der Waals surface area contributed by atoms with E-state index in [1.807, 2.05) is 36.5 Å². The number of nitrogens with two attached hydrogens (primary N) is 1. The van der Waals surface area contributed by atoms with Crippen molar-refractivity contribution in [1.29, 1.82) is 0 Å². The number of halogens is 1. The highest BCUT2D eigenvalue weighted by molar-refractivity contribution is 6.30. The van der Waals surface area contributed by atoms with Crippen LogP contribution in [0.1, 0.15) is 11.3 Å². The predicted octanol–water partition coefficient (Wildman–Crippen LogP) is 4.32. The molecule has 0 aliphatic heterocycles. The average molecular weight is 283 g/mol. The number of pyridine rings is 1. The van der Waals surface area contributed by atoms with E-state index < -0.39 is 0 Å². The Labute approximate surface area is 123 Å². The van der Waals surface area contributed by atoms with E-state index in [2.05, 4.69) is 24.0 Å². The third kappa shape index (κ3) is 2.17. The zero-order valence-corrected chi connectivity index (χ0v) is 12.0. The topological polar surface area (TPSA) is 38.9 Å². The normalized spacial score (nSPS) is 10.9. The molecule has 20 heavy (non-hydrogen) atoms. The summed E-state index contributed by atoms with van der Waals surface area (Å²) in [6.07, 6.45) is 1.90. The second-order valence-corrected chi connectivity index (χ2v) is 5.26. The maximum Gasteiger partial charge on any atom is 0.0618 e. The monoisotopic (exact) mass is 282 g/mol. The molecule has 0 unspecified atom stereocenters. The summed E-state index contributed by atoms with van der Waals surface area (Å²) in [5, 5.41) is 3.08. The molecule has 0 saturated heterocycles. The largest absolute Gasteiger partial charge is 0.325 e. The quantitative estimate of drug-likeness (QED) is 0.760. The van der Waals surface area contributed by atoms with Gasteiger partial charge in [0.15, 0.2) is 0 Å². The van der Waals surface area contributed by atoms with Gasteiger partial charge in [-0.25, -0.2) is 0 Å². The van der Waals surface area contributed by atoms with Gasteiger partial charge in [0.1, 0.15) is 0 Å². The number of aromatic nitrogens is 1. The standard InChI is InChI=1S/C17H15ClN2/c1-11-3-2-4-14-16(9-19)20-10-15(17(11)14)12-5-7-13(18)8-6-12/h2-8,10H,9,19H2,1H3. The summed E-state index contributed by atoms with van der Waals surface area (Å²) in [4.78, 5) is 4.51. The molecule has 0 amide bonds. The number of hydrogen-bond acceptors (Lipinski definition) is 2. The molecule has 3 heteroatoms. The average Bonchev–Trinajstić information content (AvgIpc) is 2.47. The van der Waals surface area contributed by atoms with E-state index in [0.29, 0.717) is 6.54 Å². The minimum absolute atomic E-state index is 0.445. The molecule has 0 atom stereocenters. The molecular weight excluding hydrogens is 268 g/mol. The van der Waals surface area contributed by atoms with Crippen LogP contribution in [0.15, 0.2) is 48.7 Å². The van der Waals surface area contributed by atoms with Gasteiger partial charge in [-0.05, 0) is 35.6 Å². The highest BCUT2D eigenvalue weighted by Crippen LogP contribution is 2.32. The molecule has 1 aromatic heterocycles. The molecule has 100 valence electrons. The van der Waals surface area contributed by atoms with E-state index in [0.717, 1.165) is 27.2 Å². The Bertz CT molecular complexity index is 764. The first-order valence-corrected chi connectivity index (χ1v) is 6.91. The zero-order chi connectivity index (χ0) is 14.1. The van der Waals surface area contributed by atoms with Crippen molar-refractivity contribution < 1.29 is 0 Å². The van der Waals surface area contributed by atoms with Gasteiger partial charge in [-0.2, -0.15) is 0 Å². The number of benzene rings is 2. The lowest BCUT2D eigenvalue weighted by Gasteiger charge is -2.12. The molecule has 3 aromatic rings. The first-order valence-electron chi connectivity index (χ1n) is 6.54. The fourth-order valence-corrected chi connectivity index (χ4v) is 2.68. The van der Waals surface area contributed by atoms with Crippen LogP contribution in [-0.4, -0.2) is 4.98 Å². The first-order chi connectivity index (χ1) is 9.70. The maximum atomic E-state index is 5.96. The van der Waals surface area contributed by atoms with Crippen molar-refractivity contribution in [3.8, 4) is 11.1 Å². The number of aryl methyl sites for hydroxylation is 1. The molecule has 0 saturated carbocycles. The summed E-state index contributed by atoms with van der Waals surface area (Å²) < 4.78 is 0. The smallest absolute Gasteiger partial charge is 0.0618 e. The number of hydrogen-bond donors (Lipinski definition) is 1. The third-order valence-electron chi connectivity index (χ3n) is 3.55. The Kier molecular flexibility index (Phi) is 3.43. The third-order valence-corrected chi connectivity index (χ3v) is 3.80. The van der Waals surface area contributed by atoms with E-state index in [1.54, 1.807) is 0 Å². The Morgan fingerprint density at radius 3 is 2.55 bits per heavy atom. The van der Waals surface area contributed by atoms with E-state index in [4.69, 9.17) is 17.3 Å². The van der Waals surface area contributed by atoms with Gasteiger partial charge in [-0.1, -0.05) is 41.9 Å². The van der Waals surface area contributed by atoms with Crippen molar-refractivity contribution >= 4 is 22.4 Å². The number of nitrogens with zero attached hydrogens (tertiary/aromatic N) is 1. The van der Waals surface area contributed by atoms with E-state index in [-0.39, 0.29) is 0 Å². The Balaban J connectivity index is 2.34. The van der Waals surface area contributed by atoms with Crippen LogP contribution in [0, 0.1) is 6.92 Å². The number of fused-ring (bicyclic) bond motifs is 1. The molecule has 0 bridgehead atoms. The van der Waals surface area contributed by atoms with Crippen LogP contribution in [0.5, 0.6) is 0 Å². The Hall–Kier alpha value is -1.90. The van der Waals surface area contributed by atoms with Crippen molar-refractivity contribution in [1.82, 2.24) is 4.98 Å². The van der Waals surface area contributed by atoms with Gasteiger partial charge >= 0.3 is 0 Å². The fraction of sp³-hybridized carbons (Fsp3) is 0.118. The van der Waals surface area contributed by atoms with E-state index in [9.17, 15) is 0 Å². The Morgan fingerprint density at radius 2 is 1.85 bits per heavy atom. The van der Waals surface area contributed by atoms with Crippen LogP contribution < -0.4 is 5.73 Å². The highest BCUT2D eigenvalue weighted by Gasteiger charge is 2.10. The van der Waals surface area contributed by atoms with Crippen LogP contribution in [-0.2, 0) is 6.54 Å². The minimum atomic E-state index is 0.445. The molecule has 0 radical (unpaired) electrons. The zero-order valence-electron chi connectivity index (χ0n) is 11.2. The van der Waals surface area contributed by atoms with E-state index in [1.165, 1.54) is 10.9 Å². The Morgan fingerprint density at radius 1 is 1.10 bits per heavy atom. The SMILES string of the molecule is Cc1cccc2c(CN)ncc(-c3ccc(Cl)cc3)c12. The lowest BCUT2D eigenvalue weighted by molar-refractivity contribution is 1.01. The summed E-state index contributed by atoms with van der Waals surface area (Å²) >= 11 is 5.96. The molecule has 0 spiro atoms. The van der Waals surface area contributed by atoms with Crippen molar-refractivity contribution in [3.63, 3.8) is 0 Å². The van der Waals surface area contributed by atoms with Gasteiger partial charge in [0.05, 0.1) is 5.69 Å². The van der Waals surface area contributed by atoms with Crippen molar-refractivity contribution in [3.05, 3.63) is 64.9 Å². The lowest BCUT2D eigenvalue weighted by Crippen LogP contribution is -2.01. The molecule has 0 fully saturated rings. The van der Waals surface area contributed by atoms with Crippen LogP contribution in [0.3, 0.4) is 0 Å². The summed E-state index contributed by atoms with van der Waals surface area (Å²) in [5.41, 5.74) is 10.2. The molecule has 1 heterocycles. The van der Waals surface area contributed by atoms with Gasteiger partial charge in [0, 0.05) is 28.7 Å². The minimum Gasteiger partial charge on any atom is -0.325 e. The molecule has 2 N–H and O–H groups in total. The summed E-state index contributed by atoms with van der Waals surface area (Å²) in [6.45, 7) is 2.56. The van der Waals surface area contributed by atoms with Gasteiger partial charge in [-0.15, -0.1) is 0 Å².